The van der Waals surface area contributed by atoms with E-state index in [2.05, 4.69) is 27.2 Å². The number of rotatable bonds is 3. The van der Waals surface area contributed by atoms with Crippen molar-refractivity contribution in [3.63, 3.8) is 0 Å². The highest BCUT2D eigenvalue weighted by atomic mass is 16.5. The third-order valence-corrected chi connectivity index (χ3v) is 2.80. The molecule has 5 nitrogen and oxygen atoms in total. The SMILES string of the molecule is COc1ccnc(NC2CCCN(C)C2)n1. The standard InChI is InChI=1S/C11H18N4O/c1-15-7-3-4-9(8-15)13-11-12-6-5-10(14-11)16-2/h5-6,9H,3-4,7-8H2,1-2H3,(H,12,13,14). The van der Waals surface area contributed by atoms with Crippen LogP contribution in [0, 0.1) is 0 Å². The van der Waals surface area contributed by atoms with Gasteiger partial charge in [-0.3, -0.25) is 0 Å². The molecule has 1 unspecified atom stereocenters. The van der Waals surface area contributed by atoms with Gasteiger partial charge in [-0.05, 0) is 26.4 Å². The summed E-state index contributed by atoms with van der Waals surface area (Å²) in [5, 5.41) is 3.34. The zero-order valence-electron chi connectivity index (χ0n) is 9.81. The van der Waals surface area contributed by atoms with Crippen molar-refractivity contribution in [1.29, 1.82) is 0 Å². The van der Waals surface area contributed by atoms with Crippen LogP contribution >= 0.6 is 0 Å². The van der Waals surface area contributed by atoms with Crippen LogP contribution in [-0.2, 0) is 0 Å². The van der Waals surface area contributed by atoms with Gasteiger partial charge in [-0.25, -0.2) is 4.98 Å². The molecule has 0 bridgehead atoms. The van der Waals surface area contributed by atoms with Crippen molar-refractivity contribution in [2.45, 2.75) is 18.9 Å². The molecule has 1 aliphatic rings. The summed E-state index contributed by atoms with van der Waals surface area (Å²) in [7, 11) is 3.75. The lowest BCUT2D eigenvalue weighted by Gasteiger charge is -2.30. The Hall–Kier alpha value is -1.36. The fourth-order valence-corrected chi connectivity index (χ4v) is 1.99. The van der Waals surface area contributed by atoms with Crippen LogP contribution in [0.2, 0.25) is 0 Å². The van der Waals surface area contributed by atoms with Gasteiger partial charge in [0.1, 0.15) is 0 Å². The van der Waals surface area contributed by atoms with E-state index in [0.717, 1.165) is 6.54 Å². The van der Waals surface area contributed by atoms with Gasteiger partial charge < -0.3 is 15.0 Å². The Labute approximate surface area is 95.8 Å². The van der Waals surface area contributed by atoms with Crippen LogP contribution in [0.5, 0.6) is 5.88 Å². The largest absolute Gasteiger partial charge is 0.481 e. The monoisotopic (exact) mass is 222 g/mol. The Kier molecular flexibility index (Phi) is 3.56. The Morgan fingerprint density at radius 2 is 2.44 bits per heavy atom. The fraction of sp³-hybridized carbons (Fsp3) is 0.636. The number of aromatic nitrogens is 2. The summed E-state index contributed by atoms with van der Waals surface area (Å²) >= 11 is 0. The van der Waals surface area contributed by atoms with Crippen molar-refractivity contribution in [2.75, 3.05) is 32.6 Å². The zero-order chi connectivity index (χ0) is 11.4. The van der Waals surface area contributed by atoms with Gasteiger partial charge in [0, 0.05) is 24.8 Å². The van der Waals surface area contributed by atoms with Crippen molar-refractivity contribution >= 4 is 5.95 Å². The highest BCUT2D eigenvalue weighted by molar-refractivity contribution is 5.29. The molecule has 88 valence electrons. The fourth-order valence-electron chi connectivity index (χ4n) is 1.99. The summed E-state index contributed by atoms with van der Waals surface area (Å²) in [5.74, 6) is 1.25. The first-order valence-corrected chi connectivity index (χ1v) is 5.60. The first-order valence-electron chi connectivity index (χ1n) is 5.60. The van der Waals surface area contributed by atoms with E-state index in [1.54, 1.807) is 19.4 Å². The van der Waals surface area contributed by atoms with Crippen molar-refractivity contribution < 1.29 is 4.74 Å². The van der Waals surface area contributed by atoms with Crippen LogP contribution < -0.4 is 10.1 Å². The number of methoxy groups -OCH3 is 1. The molecule has 2 heterocycles. The Bertz CT molecular complexity index is 345. The molecule has 5 heteroatoms. The van der Waals surface area contributed by atoms with Crippen molar-refractivity contribution in [3.8, 4) is 5.88 Å². The second-order valence-corrected chi connectivity index (χ2v) is 4.17. The molecule has 16 heavy (non-hydrogen) atoms. The minimum atomic E-state index is 0.436. The summed E-state index contributed by atoms with van der Waals surface area (Å²) < 4.78 is 5.06. The first-order chi connectivity index (χ1) is 7.78. The van der Waals surface area contributed by atoms with E-state index in [-0.39, 0.29) is 0 Å². The summed E-state index contributed by atoms with van der Waals surface area (Å²) in [4.78, 5) is 10.8. The molecule has 0 aromatic carbocycles. The second-order valence-electron chi connectivity index (χ2n) is 4.17. The second kappa shape index (κ2) is 5.12. The molecule has 2 rings (SSSR count). The summed E-state index contributed by atoms with van der Waals surface area (Å²) in [6.07, 6.45) is 4.10. The van der Waals surface area contributed by atoms with Gasteiger partial charge in [-0.2, -0.15) is 4.98 Å². The number of hydrogen-bond acceptors (Lipinski definition) is 5. The number of piperidine rings is 1. The molecule has 1 aromatic heterocycles. The average Bonchev–Trinajstić information content (AvgIpc) is 2.29. The predicted octanol–water partition coefficient (Wildman–Crippen LogP) is 0.991. The Morgan fingerprint density at radius 3 is 3.19 bits per heavy atom. The number of nitrogens with one attached hydrogen (secondary N) is 1. The van der Waals surface area contributed by atoms with Gasteiger partial charge in [-0.15, -0.1) is 0 Å². The zero-order valence-corrected chi connectivity index (χ0v) is 9.81. The van der Waals surface area contributed by atoms with Crippen LogP contribution in [-0.4, -0.2) is 48.2 Å². The molecular weight excluding hydrogens is 204 g/mol. The van der Waals surface area contributed by atoms with Crippen LogP contribution in [0.25, 0.3) is 0 Å². The van der Waals surface area contributed by atoms with Gasteiger partial charge in [0.2, 0.25) is 11.8 Å². The molecule has 0 saturated carbocycles. The molecule has 0 spiro atoms. The molecule has 1 N–H and O–H groups in total. The maximum absolute atomic E-state index is 5.06. The number of likely N-dealkylation sites (N-methyl/N-ethyl adjacent to an activating group) is 1. The summed E-state index contributed by atoms with van der Waals surface area (Å²) in [6.45, 7) is 2.22. The lowest BCUT2D eigenvalue weighted by atomic mass is 10.1. The van der Waals surface area contributed by atoms with Gasteiger partial charge in [0.25, 0.3) is 0 Å². The molecule has 1 atom stereocenters. The molecule has 1 saturated heterocycles. The number of nitrogens with zero attached hydrogens (tertiary/aromatic N) is 3. The Morgan fingerprint density at radius 1 is 1.56 bits per heavy atom. The van der Waals surface area contributed by atoms with Gasteiger partial charge in [0.15, 0.2) is 0 Å². The minimum Gasteiger partial charge on any atom is -0.481 e. The van der Waals surface area contributed by atoms with E-state index < -0.39 is 0 Å². The summed E-state index contributed by atoms with van der Waals surface area (Å²) in [6, 6.07) is 2.18. The average molecular weight is 222 g/mol. The van der Waals surface area contributed by atoms with E-state index in [4.69, 9.17) is 4.74 Å². The minimum absolute atomic E-state index is 0.436. The van der Waals surface area contributed by atoms with Gasteiger partial charge in [-0.1, -0.05) is 0 Å². The van der Waals surface area contributed by atoms with Gasteiger partial charge in [0.05, 0.1) is 7.11 Å². The van der Waals surface area contributed by atoms with E-state index >= 15 is 0 Å². The lowest BCUT2D eigenvalue weighted by molar-refractivity contribution is 0.260. The van der Waals surface area contributed by atoms with Gasteiger partial charge >= 0.3 is 0 Å². The Balaban J connectivity index is 1.97. The van der Waals surface area contributed by atoms with E-state index in [0.29, 0.717) is 17.9 Å². The molecule has 0 aliphatic carbocycles. The maximum atomic E-state index is 5.06. The highest BCUT2D eigenvalue weighted by Crippen LogP contribution is 2.13. The molecule has 1 aromatic rings. The lowest BCUT2D eigenvalue weighted by Crippen LogP contribution is -2.40. The smallest absolute Gasteiger partial charge is 0.226 e. The highest BCUT2D eigenvalue weighted by Gasteiger charge is 2.17. The number of likely N-dealkylation sites (tertiary alicyclic amines) is 1. The number of hydrogen-bond donors (Lipinski definition) is 1. The van der Waals surface area contributed by atoms with E-state index in [9.17, 15) is 0 Å². The number of anilines is 1. The molecule has 0 radical (unpaired) electrons. The molecular formula is C11H18N4O. The first kappa shape index (κ1) is 11.1. The molecule has 0 amide bonds. The third kappa shape index (κ3) is 2.82. The topological polar surface area (TPSA) is 50.3 Å². The van der Waals surface area contributed by atoms with Crippen molar-refractivity contribution in [2.24, 2.45) is 0 Å². The van der Waals surface area contributed by atoms with Crippen LogP contribution in [0.1, 0.15) is 12.8 Å². The van der Waals surface area contributed by atoms with Crippen LogP contribution in [0.15, 0.2) is 12.3 Å². The van der Waals surface area contributed by atoms with Crippen LogP contribution in [0.4, 0.5) is 5.95 Å². The van der Waals surface area contributed by atoms with E-state index in [1.807, 2.05) is 0 Å². The molecule has 1 fully saturated rings. The van der Waals surface area contributed by atoms with E-state index in [1.165, 1.54) is 19.4 Å². The predicted molar refractivity (Wildman–Crippen MR) is 62.7 cm³/mol. The molecule has 1 aliphatic heterocycles. The third-order valence-electron chi connectivity index (χ3n) is 2.80. The maximum Gasteiger partial charge on any atom is 0.226 e. The quantitative estimate of drug-likeness (QED) is 0.826. The normalized spacial score (nSPS) is 21.8. The number of ether oxygens (including phenoxy) is 1. The summed E-state index contributed by atoms with van der Waals surface area (Å²) in [5.41, 5.74) is 0. The van der Waals surface area contributed by atoms with Crippen LogP contribution in [0.3, 0.4) is 0 Å². The van der Waals surface area contributed by atoms with Crippen molar-refractivity contribution in [1.82, 2.24) is 14.9 Å². The van der Waals surface area contributed by atoms with Crippen molar-refractivity contribution in [3.05, 3.63) is 12.3 Å².